The second kappa shape index (κ2) is 12.0. The van der Waals surface area contributed by atoms with Crippen molar-refractivity contribution in [3.8, 4) is 34.3 Å². The van der Waals surface area contributed by atoms with Crippen molar-refractivity contribution >= 4 is 33.2 Å². The summed E-state index contributed by atoms with van der Waals surface area (Å²) in [6, 6.07) is 23.8. The maximum Gasteiger partial charge on any atom is 0.433 e. The summed E-state index contributed by atoms with van der Waals surface area (Å²) in [7, 11) is 0. The first-order valence-corrected chi connectivity index (χ1v) is 13.9. The van der Waals surface area contributed by atoms with Gasteiger partial charge in [-0.05, 0) is 70.5 Å². The van der Waals surface area contributed by atoms with Gasteiger partial charge in [0.05, 0.1) is 10.2 Å². The number of amides is 1. The molecule has 0 aliphatic heterocycles. The molecule has 0 spiro atoms. The van der Waals surface area contributed by atoms with E-state index in [-0.39, 0.29) is 50.2 Å². The van der Waals surface area contributed by atoms with Crippen LogP contribution in [0.3, 0.4) is 0 Å². The molecule has 0 aliphatic rings. The third kappa shape index (κ3) is 6.63. The summed E-state index contributed by atoms with van der Waals surface area (Å²) < 4.78 is 81.3. The first-order valence-electron chi connectivity index (χ1n) is 13.1. The standard InChI is InChI=1S/C32H18BrF5N4O3/c33-28-29(41-42-27(32(36,37)38)17-26(40-30(28)42)18-4-2-1-3-5-18)31(43)39-21-14-24(44-22-10-6-19(34)7-11-22)16-25(15-21)45-23-12-8-20(35)9-13-23/h1-17H,(H,39,43). The van der Waals surface area contributed by atoms with Crippen LogP contribution in [0.4, 0.5) is 27.6 Å². The van der Waals surface area contributed by atoms with Crippen LogP contribution in [0.25, 0.3) is 16.9 Å². The normalized spacial score (nSPS) is 11.4. The summed E-state index contributed by atoms with van der Waals surface area (Å²) in [4.78, 5) is 17.8. The molecule has 0 bridgehead atoms. The number of benzene rings is 4. The number of rotatable bonds is 7. The zero-order valence-corrected chi connectivity index (χ0v) is 24.2. The van der Waals surface area contributed by atoms with Crippen molar-refractivity contribution in [2.24, 2.45) is 0 Å². The maximum atomic E-state index is 14.1. The minimum atomic E-state index is -4.82. The van der Waals surface area contributed by atoms with Crippen LogP contribution in [-0.4, -0.2) is 20.5 Å². The predicted octanol–water partition coefficient (Wildman–Crippen LogP) is 9.29. The molecule has 0 saturated heterocycles. The van der Waals surface area contributed by atoms with E-state index in [0.29, 0.717) is 10.1 Å². The molecule has 0 atom stereocenters. The molecule has 1 amide bonds. The van der Waals surface area contributed by atoms with Crippen LogP contribution < -0.4 is 14.8 Å². The summed E-state index contributed by atoms with van der Waals surface area (Å²) in [5.74, 6) is -0.931. The molecule has 2 heterocycles. The summed E-state index contributed by atoms with van der Waals surface area (Å²) >= 11 is 3.22. The fourth-order valence-corrected chi connectivity index (χ4v) is 4.84. The van der Waals surface area contributed by atoms with E-state index in [1.807, 2.05) is 0 Å². The molecule has 0 unspecified atom stereocenters. The Kier molecular flexibility index (Phi) is 7.94. The van der Waals surface area contributed by atoms with Gasteiger partial charge in [-0.1, -0.05) is 30.3 Å². The van der Waals surface area contributed by atoms with Crippen LogP contribution >= 0.6 is 15.9 Å². The Morgan fingerprint density at radius 2 is 1.31 bits per heavy atom. The molecule has 6 aromatic rings. The number of fused-ring (bicyclic) bond motifs is 1. The molecule has 2 aromatic heterocycles. The maximum absolute atomic E-state index is 14.1. The van der Waals surface area contributed by atoms with Crippen molar-refractivity contribution in [1.82, 2.24) is 14.6 Å². The molecule has 45 heavy (non-hydrogen) atoms. The summed E-state index contributed by atoms with van der Waals surface area (Å²) in [6.45, 7) is 0. The van der Waals surface area contributed by atoms with Gasteiger partial charge in [-0.2, -0.15) is 18.3 Å². The third-order valence-corrected chi connectivity index (χ3v) is 7.07. The molecule has 4 aromatic carbocycles. The van der Waals surface area contributed by atoms with Crippen molar-refractivity contribution < 1.29 is 36.2 Å². The van der Waals surface area contributed by atoms with E-state index in [0.717, 1.165) is 6.07 Å². The van der Waals surface area contributed by atoms with Crippen LogP contribution in [0.2, 0.25) is 0 Å². The lowest BCUT2D eigenvalue weighted by Gasteiger charge is -2.13. The molecule has 7 nitrogen and oxygen atoms in total. The summed E-state index contributed by atoms with van der Waals surface area (Å²) in [5.41, 5.74) is -1.12. The third-order valence-electron chi connectivity index (χ3n) is 6.34. The summed E-state index contributed by atoms with van der Waals surface area (Å²) in [5, 5.41) is 6.55. The van der Waals surface area contributed by atoms with Gasteiger partial charge >= 0.3 is 6.18 Å². The molecular weight excluding hydrogens is 663 g/mol. The lowest BCUT2D eigenvalue weighted by Crippen LogP contribution is -2.16. The number of carbonyl (C=O) groups is 1. The Bertz CT molecular complexity index is 1950. The number of nitrogens with zero attached hydrogens (tertiary/aromatic N) is 3. The quantitative estimate of drug-likeness (QED) is 0.170. The van der Waals surface area contributed by atoms with Crippen LogP contribution in [-0.2, 0) is 6.18 Å². The van der Waals surface area contributed by atoms with Gasteiger partial charge in [0, 0.05) is 29.4 Å². The number of carbonyl (C=O) groups excluding carboxylic acids is 1. The van der Waals surface area contributed by atoms with Gasteiger partial charge in [0.2, 0.25) is 0 Å². The number of anilines is 1. The lowest BCUT2D eigenvalue weighted by molar-refractivity contribution is -0.142. The first kappa shape index (κ1) is 29.8. The number of aromatic nitrogens is 3. The van der Waals surface area contributed by atoms with E-state index in [1.54, 1.807) is 30.3 Å². The van der Waals surface area contributed by atoms with Crippen molar-refractivity contribution in [3.05, 3.63) is 131 Å². The van der Waals surface area contributed by atoms with Crippen molar-refractivity contribution in [2.45, 2.75) is 6.18 Å². The van der Waals surface area contributed by atoms with Crippen LogP contribution in [0.1, 0.15) is 16.2 Å². The van der Waals surface area contributed by atoms with E-state index >= 15 is 0 Å². The first-order chi connectivity index (χ1) is 21.5. The Hall–Kier alpha value is -5.30. The SMILES string of the molecule is O=C(Nc1cc(Oc2ccc(F)cc2)cc(Oc2ccc(F)cc2)c1)c1nn2c(C(F)(F)F)cc(-c3ccccc3)nc2c1Br. The Balaban J connectivity index is 1.37. The molecule has 6 rings (SSSR count). The Morgan fingerprint density at radius 1 is 0.756 bits per heavy atom. The largest absolute Gasteiger partial charge is 0.457 e. The number of hydrogen-bond donors (Lipinski definition) is 1. The molecule has 0 aliphatic carbocycles. The monoisotopic (exact) mass is 680 g/mol. The highest BCUT2D eigenvalue weighted by Crippen LogP contribution is 2.36. The van der Waals surface area contributed by atoms with Crippen LogP contribution in [0, 0.1) is 11.6 Å². The van der Waals surface area contributed by atoms with Crippen LogP contribution in [0.5, 0.6) is 23.0 Å². The van der Waals surface area contributed by atoms with Gasteiger partial charge in [0.1, 0.15) is 34.6 Å². The molecule has 0 saturated carbocycles. The van der Waals surface area contributed by atoms with Crippen molar-refractivity contribution in [3.63, 3.8) is 0 Å². The van der Waals surface area contributed by atoms with Gasteiger partial charge in [0.25, 0.3) is 5.91 Å². The van der Waals surface area contributed by atoms with Crippen LogP contribution in [0.15, 0.2) is 108 Å². The van der Waals surface area contributed by atoms with E-state index in [2.05, 4.69) is 31.3 Å². The minimum Gasteiger partial charge on any atom is -0.457 e. The highest BCUT2D eigenvalue weighted by molar-refractivity contribution is 9.10. The van der Waals surface area contributed by atoms with E-state index in [9.17, 15) is 26.7 Å². The summed E-state index contributed by atoms with van der Waals surface area (Å²) in [6.07, 6.45) is -4.82. The number of halogens is 6. The molecule has 0 fully saturated rings. The second-order valence-electron chi connectivity index (χ2n) is 9.55. The number of hydrogen-bond acceptors (Lipinski definition) is 5. The van der Waals surface area contributed by atoms with Gasteiger partial charge < -0.3 is 14.8 Å². The van der Waals surface area contributed by atoms with Crippen molar-refractivity contribution in [2.75, 3.05) is 5.32 Å². The number of alkyl halides is 3. The average molecular weight is 681 g/mol. The van der Waals surface area contributed by atoms with E-state index < -0.39 is 29.4 Å². The van der Waals surface area contributed by atoms with E-state index in [4.69, 9.17) is 9.47 Å². The zero-order valence-electron chi connectivity index (χ0n) is 22.6. The molecule has 1 N–H and O–H groups in total. The van der Waals surface area contributed by atoms with Gasteiger partial charge in [-0.3, -0.25) is 4.79 Å². The molecular formula is C32H18BrF5N4O3. The van der Waals surface area contributed by atoms with Crippen molar-refractivity contribution in [1.29, 1.82) is 0 Å². The minimum absolute atomic E-state index is 0.0382. The highest BCUT2D eigenvalue weighted by atomic mass is 79.9. The number of nitrogens with one attached hydrogen (secondary N) is 1. The Labute approximate surface area is 260 Å². The fourth-order valence-electron chi connectivity index (χ4n) is 4.32. The topological polar surface area (TPSA) is 77.8 Å². The van der Waals surface area contributed by atoms with Gasteiger partial charge in [-0.15, -0.1) is 0 Å². The molecule has 13 heteroatoms. The second-order valence-corrected chi connectivity index (χ2v) is 10.3. The smallest absolute Gasteiger partial charge is 0.433 e. The average Bonchev–Trinajstić information content (AvgIpc) is 3.35. The zero-order chi connectivity index (χ0) is 31.7. The van der Waals surface area contributed by atoms with Gasteiger partial charge in [0.15, 0.2) is 17.0 Å². The van der Waals surface area contributed by atoms with Gasteiger partial charge in [-0.25, -0.2) is 18.3 Å². The molecule has 226 valence electrons. The molecule has 0 radical (unpaired) electrons. The Morgan fingerprint density at radius 3 is 1.84 bits per heavy atom. The fraction of sp³-hybridized carbons (Fsp3) is 0.0312. The van der Waals surface area contributed by atoms with E-state index in [1.165, 1.54) is 66.7 Å². The highest BCUT2D eigenvalue weighted by Gasteiger charge is 2.36. The predicted molar refractivity (Wildman–Crippen MR) is 158 cm³/mol. The number of ether oxygens (including phenoxy) is 2. The lowest BCUT2D eigenvalue weighted by atomic mass is 10.1.